The Labute approximate surface area is 116 Å². The summed E-state index contributed by atoms with van der Waals surface area (Å²) >= 11 is 1.65. The summed E-state index contributed by atoms with van der Waals surface area (Å²) in [6.45, 7) is 0.625. The van der Waals surface area contributed by atoms with E-state index in [0.717, 1.165) is 23.1 Å². The smallest absolute Gasteiger partial charge is 0.185 e. The molecule has 0 spiro atoms. The highest BCUT2D eigenvalue weighted by Crippen LogP contribution is 2.16. The lowest BCUT2D eigenvalue weighted by Gasteiger charge is -2.05. The summed E-state index contributed by atoms with van der Waals surface area (Å²) in [7, 11) is 1.87. The van der Waals surface area contributed by atoms with Gasteiger partial charge in [-0.05, 0) is 24.6 Å². The van der Waals surface area contributed by atoms with Crippen LogP contribution in [0.3, 0.4) is 0 Å². The van der Waals surface area contributed by atoms with Crippen LogP contribution in [0.4, 0.5) is 0 Å². The molecule has 0 amide bonds. The summed E-state index contributed by atoms with van der Waals surface area (Å²) in [5, 5.41) is 13.7. The van der Waals surface area contributed by atoms with Crippen molar-refractivity contribution in [1.82, 2.24) is 14.8 Å². The number of benzene rings is 1. The largest absolute Gasteiger partial charge is 0.494 e. The molecule has 1 aromatic carbocycles. The van der Waals surface area contributed by atoms with Gasteiger partial charge >= 0.3 is 0 Å². The van der Waals surface area contributed by atoms with E-state index in [2.05, 4.69) is 16.2 Å². The first-order chi connectivity index (χ1) is 9.29. The highest BCUT2D eigenvalue weighted by molar-refractivity contribution is 7.99. The molecule has 0 aliphatic rings. The Morgan fingerprint density at radius 2 is 2.37 bits per heavy atom. The molecule has 1 heterocycles. The van der Waals surface area contributed by atoms with Crippen LogP contribution < -0.4 is 4.74 Å². The van der Waals surface area contributed by atoms with Crippen LogP contribution in [-0.2, 0) is 7.05 Å². The van der Waals surface area contributed by atoms with Crippen LogP contribution in [0.5, 0.6) is 5.75 Å². The van der Waals surface area contributed by atoms with Gasteiger partial charge in [0.25, 0.3) is 0 Å². The molecule has 2 aromatic rings. The number of hydrogen-bond donors (Lipinski definition) is 0. The zero-order valence-corrected chi connectivity index (χ0v) is 11.4. The fourth-order valence-corrected chi connectivity index (χ4v) is 2.28. The van der Waals surface area contributed by atoms with Crippen LogP contribution in [0, 0.1) is 11.3 Å². The van der Waals surface area contributed by atoms with Crippen molar-refractivity contribution in [2.45, 2.75) is 11.6 Å². The number of hydrogen-bond acceptors (Lipinski definition) is 5. The van der Waals surface area contributed by atoms with Crippen molar-refractivity contribution in [1.29, 1.82) is 5.26 Å². The van der Waals surface area contributed by atoms with Gasteiger partial charge in [0, 0.05) is 12.8 Å². The minimum Gasteiger partial charge on any atom is -0.494 e. The lowest BCUT2D eigenvalue weighted by atomic mass is 10.2. The molecule has 0 saturated carbocycles. The van der Waals surface area contributed by atoms with Crippen molar-refractivity contribution in [3.8, 4) is 11.8 Å². The summed E-state index contributed by atoms with van der Waals surface area (Å²) in [6, 6.07) is 9.28. The van der Waals surface area contributed by atoms with Crippen molar-refractivity contribution in [3.63, 3.8) is 0 Å². The average molecular weight is 274 g/mol. The third-order valence-electron chi connectivity index (χ3n) is 2.42. The van der Waals surface area contributed by atoms with Crippen LogP contribution in [0.15, 0.2) is 35.7 Å². The first-order valence-electron chi connectivity index (χ1n) is 5.89. The summed E-state index contributed by atoms with van der Waals surface area (Å²) in [5.74, 6) is 1.66. The van der Waals surface area contributed by atoms with Crippen molar-refractivity contribution in [2.24, 2.45) is 7.05 Å². The number of aryl methyl sites for hydroxylation is 1. The van der Waals surface area contributed by atoms with Crippen LogP contribution in [0.25, 0.3) is 0 Å². The number of aromatic nitrogens is 3. The number of ether oxygens (including phenoxy) is 1. The molecule has 0 N–H and O–H groups in total. The summed E-state index contributed by atoms with van der Waals surface area (Å²) < 4.78 is 7.34. The topological polar surface area (TPSA) is 63.7 Å². The molecular formula is C13H14N4OS. The van der Waals surface area contributed by atoms with Gasteiger partial charge in [-0.25, -0.2) is 9.67 Å². The van der Waals surface area contributed by atoms with E-state index in [9.17, 15) is 0 Å². The van der Waals surface area contributed by atoms with Gasteiger partial charge in [-0.1, -0.05) is 17.8 Å². The maximum Gasteiger partial charge on any atom is 0.185 e. The Hall–Kier alpha value is -2.00. The quantitative estimate of drug-likeness (QED) is 0.597. The lowest BCUT2D eigenvalue weighted by Crippen LogP contribution is -2.00. The minimum absolute atomic E-state index is 0.617. The average Bonchev–Trinajstić information content (AvgIpc) is 2.84. The van der Waals surface area contributed by atoms with Gasteiger partial charge in [0.05, 0.1) is 18.2 Å². The highest BCUT2D eigenvalue weighted by atomic mass is 32.2. The first kappa shape index (κ1) is 13.4. The Bertz CT molecular complexity index is 576. The fourth-order valence-electron chi connectivity index (χ4n) is 1.48. The molecule has 19 heavy (non-hydrogen) atoms. The SMILES string of the molecule is Cn1ncnc1SCCCOc1cccc(C#N)c1. The Balaban J connectivity index is 1.69. The van der Waals surface area contributed by atoms with E-state index in [1.165, 1.54) is 0 Å². The molecule has 98 valence electrons. The van der Waals surface area contributed by atoms with Gasteiger partial charge in [-0.2, -0.15) is 10.4 Å². The minimum atomic E-state index is 0.617. The summed E-state index contributed by atoms with van der Waals surface area (Å²) in [4.78, 5) is 4.13. The predicted octanol–water partition coefficient (Wildman–Crippen LogP) is 2.25. The maximum absolute atomic E-state index is 8.78. The van der Waals surface area contributed by atoms with Gasteiger partial charge in [-0.3, -0.25) is 0 Å². The fraction of sp³-hybridized carbons (Fsp3) is 0.308. The van der Waals surface area contributed by atoms with E-state index in [1.54, 1.807) is 34.9 Å². The molecule has 0 unspecified atom stereocenters. The van der Waals surface area contributed by atoms with Gasteiger partial charge in [0.1, 0.15) is 12.1 Å². The second-order valence-corrected chi connectivity index (χ2v) is 4.92. The second kappa shape index (κ2) is 6.81. The maximum atomic E-state index is 8.78. The van der Waals surface area contributed by atoms with E-state index in [-0.39, 0.29) is 0 Å². The third kappa shape index (κ3) is 4.00. The molecular weight excluding hydrogens is 260 g/mol. The molecule has 0 aliphatic carbocycles. The summed E-state index contributed by atoms with van der Waals surface area (Å²) in [6.07, 6.45) is 2.46. The molecule has 0 radical (unpaired) electrons. The molecule has 0 fully saturated rings. The zero-order chi connectivity index (χ0) is 13.5. The van der Waals surface area contributed by atoms with Crippen LogP contribution in [0.1, 0.15) is 12.0 Å². The number of rotatable bonds is 6. The van der Waals surface area contributed by atoms with Gasteiger partial charge < -0.3 is 4.74 Å². The zero-order valence-electron chi connectivity index (χ0n) is 10.6. The summed E-state index contributed by atoms with van der Waals surface area (Å²) in [5.41, 5.74) is 0.617. The molecule has 0 aliphatic heterocycles. The molecule has 0 atom stereocenters. The van der Waals surface area contributed by atoms with Crippen LogP contribution >= 0.6 is 11.8 Å². The Morgan fingerprint density at radius 3 is 3.11 bits per heavy atom. The third-order valence-corrected chi connectivity index (χ3v) is 3.54. The lowest BCUT2D eigenvalue weighted by molar-refractivity contribution is 0.318. The van der Waals surface area contributed by atoms with E-state index in [0.29, 0.717) is 12.2 Å². The molecule has 6 heteroatoms. The van der Waals surface area contributed by atoms with Crippen LogP contribution in [-0.4, -0.2) is 27.1 Å². The second-order valence-electron chi connectivity index (χ2n) is 3.86. The van der Waals surface area contributed by atoms with E-state index >= 15 is 0 Å². The molecule has 5 nitrogen and oxygen atoms in total. The van der Waals surface area contributed by atoms with Crippen molar-refractivity contribution >= 4 is 11.8 Å². The van der Waals surface area contributed by atoms with Crippen molar-refractivity contribution in [2.75, 3.05) is 12.4 Å². The normalized spacial score (nSPS) is 10.1. The van der Waals surface area contributed by atoms with Crippen LogP contribution in [0.2, 0.25) is 0 Å². The van der Waals surface area contributed by atoms with Gasteiger partial charge in [-0.15, -0.1) is 0 Å². The van der Waals surface area contributed by atoms with Gasteiger partial charge in [0.2, 0.25) is 0 Å². The van der Waals surface area contributed by atoms with Crippen molar-refractivity contribution < 1.29 is 4.74 Å². The Kier molecular flexibility index (Phi) is 4.81. The highest BCUT2D eigenvalue weighted by Gasteiger charge is 2.01. The van der Waals surface area contributed by atoms with E-state index < -0.39 is 0 Å². The molecule has 2 rings (SSSR count). The number of nitriles is 1. The van der Waals surface area contributed by atoms with Crippen molar-refractivity contribution in [3.05, 3.63) is 36.2 Å². The molecule has 1 aromatic heterocycles. The van der Waals surface area contributed by atoms with E-state index in [4.69, 9.17) is 10.00 Å². The molecule has 0 bridgehead atoms. The predicted molar refractivity (Wildman–Crippen MR) is 73.0 cm³/mol. The first-order valence-corrected chi connectivity index (χ1v) is 6.88. The molecule has 0 saturated heterocycles. The Morgan fingerprint density at radius 1 is 1.47 bits per heavy atom. The van der Waals surface area contributed by atoms with E-state index in [1.807, 2.05) is 19.2 Å². The van der Waals surface area contributed by atoms with Gasteiger partial charge in [0.15, 0.2) is 5.16 Å². The number of nitrogens with zero attached hydrogens (tertiary/aromatic N) is 4. The number of thioether (sulfide) groups is 1. The monoisotopic (exact) mass is 274 g/mol. The standard InChI is InChI=1S/C13H14N4OS/c1-17-13(15-10-16-17)19-7-3-6-18-12-5-2-4-11(8-12)9-14/h2,4-5,8,10H,3,6-7H2,1H3.